The summed E-state index contributed by atoms with van der Waals surface area (Å²) in [6.45, 7) is 15.9. The van der Waals surface area contributed by atoms with Crippen LogP contribution in [0.3, 0.4) is 0 Å². The highest BCUT2D eigenvalue weighted by molar-refractivity contribution is 6.23. The summed E-state index contributed by atoms with van der Waals surface area (Å²) < 4.78 is 4.98. The molecule has 7 heteroatoms. The number of anilines is 1. The zero-order chi connectivity index (χ0) is 24.2. The van der Waals surface area contributed by atoms with Crippen LogP contribution in [0.25, 0.3) is 0 Å². The lowest BCUT2D eigenvalue weighted by Gasteiger charge is -2.39. The average Bonchev–Trinajstić information content (AvgIpc) is 2.91. The minimum atomic E-state index is -0.855. The van der Waals surface area contributed by atoms with Crippen molar-refractivity contribution >= 4 is 29.4 Å². The number of hydrogen-bond acceptors (Lipinski definition) is 5. The van der Waals surface area contributed by atoms with E-state index in [1.165, 1.54) is 12.1 Å². The third kappa shape index (κ3) is 3.71. The lowest BCUT2D eigenvalue weighted by Crippen LogP contribution is -2.55. The van der Waals surface area contributed by atoms with E-state index >= 15 is 0 Å². The predicted octanol–water partition coefficient (Wildman–Crippen LogP) is 3.80. The van der Waals surface area contributed by atoms with Gasteiger partial charge in [-0.2, -0.15) is 0 Å². The summed E-state index contributed by atoms with van der Waals surface area (Å²) in [6, 6.07) is 5.32. The summed E-state index contributed by atoms with van der Waals surface area (Å²) in [7, 11) is 0. The highest BCUT2D eigenvalue weighted by atomic mass is 16.5. The number of hydrogen-bond donors (Lipinski definition) is 0. The molecule has 1 heterocycles. The smallest absolute Gasteiger partial charge is 0.338 e. The Balaban J connectivity index is 1.89. The number of nitrogens with zero attached hydrogens (tertiary/aromatic N) is 2. The Bertz CT molecular complexity index is 942. The van der Waals surface area contributed by atoms with Gasteiger partial charge in [0.05, 0.1) is 24.3 Å². The van der Waals surface area contributed by atoms with Crippen LogP contribution in [-0.4, -0.2) is 46.8 Å². The van der Waals surface area contributed by atoms with Crippen molar-refractivity contribution in [3.05, 3.63) is 29.8 Å². The molecule has 1 unspecified atom stereocenters. The van der Waals surface area contributed by atoms with Gasteiger partial charge in [-0.15, -0.1) is 0 Å². The predicted molar refractivity (Wildman–Crippen MR) is 121 cm³/mol. The molecular formula is C25H34N2O5. The molecule has 2 aliphatic rings. The van der Waals surface area contributed by atoms with Crippen LogP contribution in [0.5, 0.6) is 0 Å². The Labute approximate surface area is 190 Å². The Morgan fingerprint density at radius 2 is 1.59 bits per heavy atom. The van der Waals surface area contributed by atoms with Crippen molar-refractivity contribution in [3.63, 3.8) is 0 Å². The van der Waals surface area contributed by atoms with Crippen LogP contribution < -0.4 is 4.90 Å². The third-order valence-corrected chi connectivity index (χ3v) is 7.30. The fourth-order valence-corrected chi connectivity index (χ4v) is 4.95. The molecule has 2 fully saturated rings. The van der Waals surface area contributed by atoms with E-state index in [1.54, 1.807) is 24.0 Å². The van der Waals surface area contributed by atoms with Gasteiger partial charge >= 0.3 is 5.97 Å². The summed E-state index contributed by atoms with van der Waals surface area (Å²) in [5.41, 5.74) is -0.264. The van der Waals surface area contributed by atoms with E-state index in [0.717, 1.165) is 4.90 Å². The molecule has 3 rings (SSSR count). The fourth-order valence-electron chi connectivity index (χ4n) is 4.95. The Morgan fingerprint density at radius 1 is 1.06 bits per heavy atom. The van der Waals surface area contributed by atoms with Gasteiger partial charge < -0.3 is 9.64 Å². The molecule has 32 heavy (non-hydrogen) atoms. The van der Waals surface area contributed by atoms with E-state index in [-0.39, 0.29) is 41.6 Å². The number of amides is 3. The second-order valence-electron chi connectivity index (χ2n) is 10.8. The molecule has 7 nitrogen and oxygen atoms in total. The maximum Gasteiger partial charge on any atom is 0.338 e. The fraction of sp³-hybridized carbons (Fsp3) is 0.600. The zero-order valence-corrected chi connectivity index (χ0v) is 20.3. The summed E-state index contributed by atoms with van der Waals surface area (Å²) in [6.07, 6.45) is -0.0605. The highest BCUT2D eigenvalue weighted by Crippen LogP contribution is 2.69. The second kappa shape index (κ2) is 7.71. The third-order valence-electron chi connectivity index (χ3n) is 7.30. The largest absolute Gasteiger partial charge is 0.462 e. The van der Waals surface area contributed by atoms with Gasteiger partial charge in [-0.1, -0.05) is 27.7 Å². The number of carbonyl (C=O) groups is 4. The molecule has 1 saturated carbocycles. The summed E-state index contributed by atoms with van der Waals surface area (Å²) in [5.74, 6) is -1.54. The van der Waals surface area contributed by atoms with E-state index in [1.807, 2.05) is 20.8 Å². The maximum atomic E-state index is 13.6. The topological polar surface area (TPSA) is 84.0 Å². The average molecular weight is 443 g/mol. The van der Waals surface area contributed by atoms with Gasteiger partial charge in [0, 0.05) is 11.5 Å². The molecule has 1 atom stereocenters. The lowest BCUT2D eigenvalue weighted by molar-refractivity contribution is -0.146. The minimum absolute atomic E-state index is 0.0605. The number of ether oxygens (including phenoxy) is 1. The first kappa shape index (κ1) is 24.0. The first-order valence-corrected chi connectivity index (χ1v) is 11.1. The van der Waals surface area contributed by atoms with Gasteiger partial charge in [0.25, 0.3) is 5.91 Å². The van der Waals surface area contributed by atoms with E-state index in [4.69, 9.17) is 4.74 Å². The molecule has 0 aromatic heterocycles. The van der Waals surface area contributed by atoms with Crippen LogP contribution in [0.2, 0.25) is 0 Å². The van der Waals surface area contributed by atoms with Crippen molar-refractivity contribution in [1.82, 2.24) is 4.90 Å². The summed E-state index contributed by atoms with van der Waals surface area (Å²) in [4.78, 5) is 54.6. The van der Waals surface area contributed by atoms with Crippen LogP contribution in [-0.2, 0) is 19.1 Å². The summed E-state index contributed by atoms with van der Waals surface area (Å²) in [5, 5.41) is 0. The highest BCUT2D eigenvalue weighted by Gasteiger charge is 2.70. The zero-order valence-electron chi connectivity index (χ0n) is 20.3. The molecular weight excluding hydrogens is 408 g/mol. The molecule has 0 bridgehead atoms. The standard InChI is InChI=1S/C25H34N2O5/c1-9-32-22(31)15-10-12-16(13-11-15)26-18(28)14-17(20(26)29)27(23(2,3)4)21(30)19-24(5,6)25(19,7)8/h10-13,17,19H,9,14H2,1-8H3. The first-order valence-electron chi connectivity index (χ1n) is 11.1. The molecule has 1 aromatic carbocycles. The van der Waals surface area contributed by atoms with Crippen molar-refractivity contribution in [2.45, 2.75) is 73.4 Å². The van der Waals surface area contributed by atoms with Crippen molar-refractivity contribution in [3.8, 4) is 0 Å². The molecule has 1 aliphatic heterocycles. The monoisotopic (exact) mass is 442 g/mol. The number of rotatable bonds is 5. The van der Waals surface area contributed by atoms with Crippen LogP contribution in [0, 0.1) is 16.7 Å². The van der Waals surface area contributed by atoms with Crippen molar-refractivity contribution in [2.24, 2.45) is 16.7 Å². The van der Waals surface area contributed by atoms with Gasteiger partial charge in [-0.3, -0.25) is 14.4 Å². The van der Waals surface area contributed by atoms with E-state index in [9.17, 15) is 19.2 Å². The van der Waals surface area contributed by atoms with Crippen molar-refractivity contribution in [1.29, 1.82) is 0 Å². The molecule has 0 spiro atoms. The number of esters is 1. The minimum Gasteiger partial charge on any atom is -0.462 e. The molecule has 0 radical (unpaired) electrons. The van der Waals surface area contributed by atoms with Gasteiger partial charge in [-0.25, -0.2) is 9.69 Å². The normalized spacial score (nSPS) is 22.1. The van der Waals surface area contributed by atoms with Gasteiger partial charge in [-0.05, 0) is 62.8 Å². The van der Waals surface area contributed by atoms with Crippen LogP contribution >= 0.6 is 0 Å². The number of benzene rings is 1. The van der Waals surface area contributed by atoms with Gasteiger partial charge in [0.2, 0.25) is 11.8 Å². The second-order valence-corrected chi connectivity index (χ2v) is 10.8. The molecule has 3 amide bonds. The van der Waals surface area contributed by atoms with Gasteiger partial charge in [0.15, 0.2) is 0 Å². The SMILES string of the molecule is CCOC(=O)c1ccc(N2C(=O)CC(N(C(=O)C3C(C)(C)C3(C)C)C(C)(C)C)C2=O)cc1. The van der Waals surface area contributed by atoms with Crippen LogP contribution in [0.15, 0.2) is 24.3 Å². The maximum absolute atomic E-state index is 13.6. The number of imide groups is 1. The molecule has 1 saturated heterocycles. The van der Waals surface area contributed by atoms with Crippen molar-refractivity contribution < 1.29 is 23.9 Å². The molecule has 1 aliphatic carbocycles. The Hall–Kier alpha value is -2.70. The van der Waals surface area contributed by atoms with Gasteiger partial charge in [0.1, 0.15) is 6.04 Å². The first-order chi connectivity index (χ1) is 14.7. The van der Waals surface area contributed by atoms with Crippen molar-refractivity contribution in [2.75, 3.05) is 11.5 Å². The molecule has 174 valence electrons. The van der Waals surface area contributed by atoms with E-state index < -0.39 is 23.5 Å². The Morgan fingerprint density at radius 3 is 2.03 bits per heavy atom. The summed E-state index contributed by atoms with van der Waals surface area (Å²) >= 11 is 0. The van der Waals surface area contributed by atoms with E-state index in [0.29, 0.717) is 11.3 Å². The lowest BCUT2D eigenvalue weighted by atomic mass is 9.98. The van der Waals surface area contributed by atoms with Crippen LogP contribution in [0.1, 0.15) is 72.2 Å². The molecule has 1 aromatic rings. The van der Waals surface area contributed by atoms with Crippen LogP contribution in [0.4, 0.5) is 5.69 Å². The number of carbonyl (C=O) groups excluding carboxylic acids is 4. The van der Waals surface area contributed by atoms with E-state index in [2.05, 4.69) is 27.7 Å². The molecule has 0 N–H and O–H groups in total. The quantitative estimate of drug-likeness (QED) is 0.512. The Kier molecular flexibility index (Phi) is 5.77.